The molecule has 0 heterocycles. The SMILES string of the molecule is C=CCCCCC(=O)O[C@H](/C(C)=C/[C@@H](C)[C@H](O[Si](C)(C)C(C)(C)C)[C@H](C=C)OC)C(C)C. The number of esters is 1. The van der Waals surface area contributed by atoms with Crippen molar-refractivity contribution >= 4 is 14.3 Å². The van der Waals surface area contributed by atoms with Crippen LogP contribution < -0.4 is 0 Å². The first-order valence-electron chi connectivity index (χ1n) is 12.0. The van der Waals surface area contributed by atoms with E-state index < -0.39 is 8.32 Å². The second-order valence-electron chi connectivity index (χ2n) is 10.7. The van der Waals surface area contributed by atoms with Crippen molar-refractivity contribution in [2.45, 2.75) is 111 Å². The molecule has 0 N–H and O–H groups in total. The fourth-order valence-corrected chi connectivity index (χ4v) is 4.86. The van der Waals surface area contributed by atoms with Crippen LogP contribution in [0.4, 0.5) is 0 Å². The minimum atomic E-state index is -2.02. The molecule has 5 heteroatoms. The number of carbonyl (C=O) groups is 1. The molecule has 4 nitrogen and oxygen atoms in total. The fourth-order valence-electron chi connectivity index (χ4n) is 3.47. The van der Waals surface area contributed by atoms with Gasteiger partial charge >= 0.3 is 5.97 Å². The molecule has 0 aromatic carbocycles. The lowest BCUT2D eigenvalue weighted by molar-refractivity contribution is -0.149. The van der Waals surface area contributed by atoms with Gasteiger partial charge in [-0.2, -0.15) is 0 Å². The van der Waals surface area contributed by atoms with E-state index in [2.05, 4.69) is 73.9 Å². The van der Waals surface area contributed by atoms with Gasteiger partial charge in [-0.05, 0) is 55.8 Å². The van der Waals surface area contributed by atoms with Gasteiger partial charge in [0.2, 0.25) is 0 Å². The van der Waals surface area contributed by atoms with E-state index in [1.807, 2.05) is 19.1 Å². The van der Waals surface area contributed by atoms with E-state index in [9.17, 15) is 4.79 Å². The predicted molar refractivity (Wildman–Crippen MR) is 139 cm³/mol. The number of carbonyl (C=O) groups excluding carboxylic acids is 1. The fraction of sp³-hybridized carbons (Fsp3) is 0.741. The third-order valence-corrected chi connectivity index (χ3v) is 10.9. The first kappa shape index (κ1) is 30.8. The van der Waals surface area contributed by atoms with Crippen LogP contribution in [0.2, 0.25) is 18.1 Å². The number of rotatable bonds is 15. The molecule has 0 spiro atoms. The third-order valence-electron chi connectivity index (χ3n) is 6.46. The van der Waals surface area contributed by atoms with Gasteiger partial charge in [0.25, 0.3) is 0 Å². The van der Waals surface area contributed by atoms with E-state index in [4.69, 9.17) is 13.9 Å². The lowest BCUT2D eigenvalue weighted by Crippen LogP contribution is -2.49. The zero-order valence-corrected chi connectivity index (χ0v) is 23.5. The van der Waals surface area contributed by atoms with Crippen molar-refractivity contribution in [3.63, 3.8) is 0 Å². The molecule has 32 heavy (non-hydrogen) atoms. The van der Waals surface area contributed by atoms with Gasteiger partial charge in [-0.1, -0.05) is 59.8 Å². The van der Waals surface area contributed by atoms with Crippen molar-refractivity contribution in [3.8, 4) is 0 Å². The summed E-state index contributed by atoms with van der Waals surface area (Å²) in [5, 5.41) is 0.0881. The summed E-state index contributed by atoms with van der Waals surface area (Å²) < 4.78 is 18.4. The van der Waals surface area contributed by atoms with Crippen LogP contribution in [0.25, 0.3) is 0 Å². The standard InChI is InChI=1S/C27H50O4Si/c1-13-15-16-17-18-24(28)30-25(20(3)4)21(5)19-22(6)26(23(14-2)29-10)31-32(11,12)27(7,8)9/h13-14,19-20,22-23,25-26H,1-2,15-18H2,3-12H3/b21-19+/t22-,23+,25+,26+/m1/s1. The van der Waals surface area contributed by atoms with Crippen molar-refractivity contribution in [2.24, 2.45) is 11.8 Å². The molecule has 0 amide bonds. The van der Waals surface area contributed by atoms with Crippen LogP contribution in [-0.2, 0) is 18.7 Å². The van der Waals surface area contributed by atoms with Crippen LogP contribution in [0, 0.1) is 11.8 Å². The van der Waals surface area contributed by atoms with E-state index >= 15 is 0 Å². The molecule has 0 saturated heterocycles. The molecule has 0 aliphatic carbocycles. The van der Waals surface area contributed by atoms with Crippen molar-refractivity contribution in [3.05, 3.63) is 37.0 Å². The number of hydrogen-bond donors (Lipinski definition) is 0. The Kier molecular flexibility index (Phi) is 13.6. The highest BCUT2D eigenvalue weighted by atomic mass is 28.4. The van der Waals surface area contributed by atoms with Gasteiger partial charge in [-0.15, -0.1) is 13.2 Å². The van der Waals surface area contributed by atoms with Crippen LogP contribution in [-0.4, -0.2) is 39.7 Å². The lowest BCUT2D eigenvalue weighted by Gasteiger charge is -2.42. The molecule has 0 bridgehead atoms. The zero-order valence-electron chi connectivity index (χ0n) is 22.5. The van der Waals surface area contributed by atoms with E-state index in [-0.39, 0.29) is 41.2 Å². The monoisotopic (exact) mass is 466 g/mol. The summed E-state index contributed by atoms with van der Waals surface area (Å²) >= 11 is 0. The Morgan fingerprint density at radius 2 is 1.69 bits per heavy atom. The summed E-state index contributed by atoms with van der Waals surface area (Å²) in [6.45, 7) is 27.3. The maximum atomic E-state index is 12.4. The second kappa shape index (κ2) is 14.2. The van der Waals surface area contributed by atoms with Gasteiger partial charge in [-0.25, -0.2) is 0 Å². The third kappa shape index (κ3) is 10.2. The molecule has 0 aromatic heterocycles. The molecule has 0 rings (SSSR count). The molecule has 4 atom stereocenters. The highest BCUT2D eigenvalue weighted by Crippen LogP contribution is 2.39. The normalized spacial score (nSPS) is 16.9. The molecule has 0 aliphatic heterocycles. The summed E-state index contributed by atoms with van der Waals surface area (Å²) in [4.78, 5) is 12.4. The number of allylic oxidation sites excluding steroid dienone is 1. The van der Waals surface area contributed by atoms with Gasteiger partial charge in [-0.3, -0.25) is 4.79 Å². The average Bonchev–Trinajstić information content (AvgIpc) is 2.68. The van der Waals surface area contributed by atoms with Crippen LogP contribution in [0.15, 0.2) is 37.0 Å². The Bertz CT molecular complexity index is 616. The van der Waals surface area contributed by atoms with Gasteiger partial charge in [0.05, 0.1) is 6.10 Å². The highest BCUT2D eigenvalue weighted by Gasteiger charge is 2.41. The van der Waals surface area contributed by atoms with Crippen LogP contribution in [0.5, 0.6) is 0 Å². The van der Waals surface area contributed by atoms with Crippen molar-refractivity contribution < 1.29 is 18.7 Å². The van der Waals surface area contributed by atoms with E-state index in [0.29, 0.717) is 6.42 Å². The van der Waals surface area contributed by atoms with Crippen molar-refractivity contribution in [1.29, 1.82) is 0 Å². The molecule has 186 valence electrons. The average molecular weight is 467 g/mol. The Hall–Kier alpha value is -1.17. The number of hydrogen-bond acceptors (Lipinski definition) is 4. The molecular weight excluding hydrogens is 416 g/mol. The van der Waals surface area contributed by atoms with E-state index in [1.165, 1.54) is 0 Å². The molecule has 0 unspecified atom stereocenters. The van der Waals surface area contributed by atoms with Crippen LogP contribution in [0.1, 0.15) is 74.1 Å². The van der Waals surface area contributed by atoms with Crippen LogP contribution in [0.3, 0.4) is 0 Å². The lowest BCUT2D eigenvalue weighted by atomic mass is 9.92. The highest BCUT2D eigenvalue weighted by molar-refractivity contribution is 6.74. The summed E-state index contributed by atoms with van der Waals surface area (Å²) in [6, 6.07) is 0. The van der Waals surface area contributed by atoms with Gasteiger partial charge < -0.3 is 13.9 Å². The largest absolute Gasteiger partial charge is 0.458 e. The molecule has 0 aliphatic rings. The summed E-state index contributed by atoms with van der Waals surface area (Å²) in [7, 11) is -0.326. The predicted octanol–water partition coefficient (Wildman–Crippen LogP) is 7.47. The van der Waals surface area contributed by atoms with Crippen molar-refractivity contribution in [1.82, 2.24) is 0 Å². The summed E-state index contributed by atoms with van der Waals surface area (Å²) in [5.41, 5.74) is 1.05. The smallest absolute Gasteiger partial charge is 0.306 e. The van der Waals surface area contributed by atoms with Gasteiger partial charge in [0.15, 0.2) is 8.32 Å². The number of methoxy groups -OCH3 is 1. The Balaban J connectivity index is 5.61. The first-order valence-corrected chi connectivity index (χ1v) is 14.9. The summed E-state index contributed by atoms with van der Waals surface area (Å²) in [5.74, 6) is 0.121. The number of unbranched alkanes of at least 4 members (excludes halogenated alkanes) is 2. The van der Waals surface area contributed by atoms with Crippen molar-refractivity contribution in [2.75, 3.05) is 7.11 Å². The maximum Gasteiger partial charge on any atom is 0.306 e. The Morgan fingerprint density at radius 1 is 1.09 bits per heavy atom. The quantitative estimate of drug-likeness (QED) is 0.109. The minimum Gasteiger partial charge on any atom is -0.458 e. The second-order valence-corrected chi connectivity index (χ2v) is 15.5. The molecule has 0 fully saturated rings. The zero-order chi connectivity index (χ0) is 25.1. The molecule has 0 saturated carbocycles. The first-order chi connectivity index (χ1) is 14.7. The minimum absolute atomic E-state index is 0.0691. The topological polar surface area (TPSA) is 44.8 Å². The maximum absolute atomic E-state index is 12.4. The van der Waals surface area contributed by atoms with Crippen LogP contribution >= 0.6 is 0 Å². The Labute approximate surface area is 199 Å². The molecule has 0 aromatic rings. The van der Waals surface area contributed by atoms with Gasteiger partial charge in [0, 0.05) is 19.4 Å². The molecular formula is C27H50O4Si. The summed E-state index contributed by atoms with van der Waals surface area (Å²) in [6.07, 6.45) is 8.43. The van der Waals surface area contributed by atoms with Gasteiger partial charge in [0.1, 0.15) is 12.2 Å². The molecule has 0 radical (unpaired) electrons. The Morgan fingerprint density at radius 3 is 2.12 bits per heavy atom. The van der Waals surface area contributed by atoms with E-state index in [1.54, 1.807) is 7.11 Å². The number of ether oxygens (including phenoxy) is 2. The van der Waals surface area contributed by atoms with E-state index in [0.717, 1.165) is 24.8 Å².